The second-order valence-corrected chi connectivity index (χ2v) is 8.55. The molecule has 2 N–H and O–H groups in total. The van der Waals surface area contributed by atoms with E-state index < -0.39 is 0 Å². The Balaban J connectivity index is 1.98. The van der Waals surface area contributed by atoms with E-state index in [0.717, 1.165) is 13.4 Å². The summed E-state index contributed by atoms with van der Waals surface area (Å²) >= 11 is 12.6. The molecule has 0 spiro atoms. The third kappa shape index (κ3) is 3.00. The molecular weight excluding hydrogens is 454 g/mol. The van der Waals surface area contributed by atoms with Gasteiger partial charge in [0.2, 0.25) is 0 Å². The fourth-order valence-corrected chi connectivity index (χ4v) is 6.26. The van der Waals surface area contributed by atoms with Crippen molar-refractivity contribution in [1.29, 1.82) is 0 Å². The number of rotatable bonds is 3. The van der Waals surface area contributed by atoms with Crippen LogP contribution in [0.3, 0.4) is 0 Å². The molecule has 0 radical (unpaired) electrons. The summed E-state index contributed by atoms with van der Waals surface area (Å²) in [5, 5.41) is 0. The minimum Gasteiger partial charge on any atom is -0.323 e. The van der Waals surface area contributed by atoms with Crippen LogP contribution in [-0.4, -0.2) is 0 Å². The van der Waals surface area contributed by atoms with Gasteiger partial charge in [0.25, 0.3) is 0 Å². The lowest BCUT2D eigenvalue weighted by molar-refractivity contribution is 0.645. The van der Waals surface area contributed by atoms with Crippen LogP contribution in [0.15, 0.2) is 37.7 Å². The Morgan fingerprint density at radius 2 is 1.74 bits per heavy atom. The molecule has 1 nitrogen and oxygen atoms in total. The van der Waals surface area contributed by atoms with Crippen molar-refractivity contribution in [3.63, 3.8) is 0 Å². The standard InChI is InChI=1S/C14H12Br3NS/c15-8-5-9(16)13(10(17)6-8)11-3-4-12(19-11)14(18)7-1-2-7/h3-7,14H,1-2,18H2. The molecule has 3 rings (SSSR count). The molecule has 1 aromatic heterocycles. The quantitative estimate of drug-likeness (QED) is 0.581. The average molecular weight is 466 g/mol. The summed E-state index contributed by atoms with van der Waals surface area (Å²) in [4.78, 5) is 2.54. The van der Waals surface area contributed by atoms with Crippen molar-refractivity contribution in [3.05, 3.63) is 42.6 Å². The Labute approximate surface area is 142 Å². The normalized spacial score (nSPS) is 16.6. The number of halogens is 3. The van der Waals surface area contributed by atoms with Crippen molar-refractivity contribution < 1.29 is 0 Å². The maximum absolute atomic E-state index is 6.27. The van der Waals surface area contributed by atoms with Gasteiger partial charge in [0.05, 0.1) is 0 Å². The Bertz CT molecular complexity index is 596. The number of hydrogen-bond donors (Lipinski definition) is 1. The summed E-state index contributed by atoms with van der Waals surface area (Å²) in [6, 6.07) is 8.69. The molecule has 5 heteroatoms. The molecule has 1 aliphatic carbocycles. The summed E-state index contributed by atoms with van der Waals surface area (Å²) in [5.41, 5.74) is 7.47. The van der Waals surface area contributed by atoms with E-state index in [-0.39, 0.29) is 6.04 Å². The largest absolute Gasteiger partial charge is 0.323 e. The molecule has 0 aliphatic heterocycles. The topological polar surface area (TPSA) is 26.0 Å². The van der Waals surface area contributed by atoms with Gasteiger partial charge in [-0.3, -0.25) is 0 Å². The number of benzene rings is 1. The fourth-order valence-electron chi connectivity index (χ4n) is 2.13. The molecule has 0 bridgehead atoms. The third-order valence-corrected chi connectivity index (χ3v) is 6.25. The highest BCUT2D eigenvalue weighted by Crippen LogP contribution is 2.45. The maximum Gasteiger partial charge on any atom is 0.0418 e. The zero-order valence-electron chi connectivity index (χ0n) is 10.00. The Morgan fingerprint density at radius 1 is 1.11 bits per heavy atom. The predicted octanol–water partition coefficient (Wildman–Crippen LogP) is 6.11. The van der Waals surface area contributed by atoms with Gasteiger partial charge in [0.1, 0.15) is 0 Å². The van der Waals surface area contributed by atoms with Gasteiger partial charge in [-0.2, -0.15) is 0 Å². The second-order valence-electron chi connectivity index (χ2n) is 4.81. The van der Waals surface area contributed by atoms with Crippen LogP contribution in [0.2, 0.25) is 0 Å². The Kier molecular flexibility index (Phi) is 4.21. The summed E-state index contributed by atoms with van der Waals surface area (Å²) in [6.45, 7) is 0. The molecule has 100 valence electrons. The van der Waals surface area contributed by atoms with Crippen LogP contribution in [0, 0.1) is 5.92 Å². The summed E-state index contributed by atoms with van der Waals surface area (Å²) in [6.07, 6.45) is 2.56. The molecule has 1 atom stereocenters. The minimum absolute atomic E-state index is 0.215. The van der Waals surface area contributed by atoms with Gasteiger partial charge in [-0.25, -0.2) is 0 Å². The van der Waals surface area contributed by atoms with Crippen molar-refractivity contribution in [2.75, 3.05) is 0 Å². The Hall–Kier alpha value is 0.320. The molecular formula is C14H12Br3NS. The van der Waals surface area contributed by atoms with E-state index in [1.807, 2.05) is 0 Å². The van der Waals surface area contributed by atoms with E-state index in [4.69, 9.17) is 5.73 Å². The molecule has 0 saturated heterocycles. The fraction of sp³-hybridized carbons (Fsp3) is 0.286. The lowest BCUT2D eigenvalue weighted by Gasteiger charge is -2.08. The van der Waals surface area contributed by atoms with Crippen molar-refractivity contribution in [2.24, 2.45) is 11.7 Å². The van der Waals surface area contributed by atoms with E-state index in [9.17, 15) is 0 Å². The van der Waals surface area contributed by atoms with Gasteiger partial charge in [-0.1, -0.05) is 47.8 Å². The first-order chi connectivity index (χ1) is 9.06. The van der Waals surface area contributed by atoms with Crippen LogP contribution >= 0.6 is 59.1 Å². The van der Waals surface area contributed by atoms with E-state index in [0.29, 0.717) is 5.92 Å². The smallest absolute Gasteiger partial charge is 0.0418 e. The van der Waals surface area contributed by atoms with Crippen molar-refractivity contribution in [3.8, 4) is 10.4 Å². The predicted molar refractivity (Wildman–Crippen MR) is 92.5 cm³/mol. The molecule has 19 heavy (non-hydrogen) atoms. The van der Waals surface area contributed by atoms with E-state index >= 15 is 0 Å². The highest BCUT2D eigenvalue weighted by molar-refractivity contribution is 9.11. The van der Waals surface area contributed by atoms with Gasteiger partial charge in [0, 0.05) is 34.8 Å². The highest BCUT2D eigenvalue weighted by atomic mass is 79.9. The summed E-state index contributed by atoms with van der Waals surface area (Å²) in [7, 11) is 0. The zero-order valence-corrected chi connectivity index (χ0v) is 15.6. The van der Waals surface area contributed by atoms with E-state index in [2.05, 4.69) is 72.1 Å². The first kappa shape index (κ1) is 14.3. The van der Waals surface area contributed by atoms with Gasteiger partial charge in [-0.15, -0.1) is 11.3 Å². The number of thiophene rings is 1. The van der Waals surface area contributed by atoms with Crippen LogP contribution in [0.25, 0.3) is 10.4 Å². The number of hydrogen-bond acceptors (Lipinski definition) is 2. The van der Waals surface area contributed by atoms with Crippen LogP contribution in [0.1, 0.15) is 23.8 Å². The molecule has 0 amide bonds. The molecule has 1 saturated carbocycles. The molecule has 1 heterocycles. The molecule has 1 unspecified atom stereocenters. The van der Waals surface area contributed by atoms with Crippen LogP contribution in [-0.2, 0) is 0 Å². The minimum atomic E-state index is 0.215. The van der Waals surface area contributed by atoms with E-state index in [1.165, 1.54) is 28.2 Å². The van der Waals surface area contributed by atoms with Gasteiger partial charge >= 0.3 is 0 Å². The lowest BCUT2D eigenvalue weighted by atomic mass is 10.1. The van der Waals surface area contributed by atoms with Gasteiger partial charge in [-0.05, 0) is 43.0 Å². The molecule has 2 aromatic rings. The van der Waals surface area contributed by atoms with Gasteiger partial charge in [0.15, 0.2) is 0 Å². The van der Waals surface area contributed by atoms with Crippen molar-refractivity contribution >= 4 is 59.1 Å². The molecule has 1 aliphatic rings. The number of nitrogens with two attached hydrogens (primary N) is 1. The van der Waals surface area contributed by atoms with Crippen molar-refractivity contribution in [1.82, 2.24) is 0 Å². The maximum atomic E-state index is 6.27. The summed E-state index contributed by atoms with van der Waals surface area (Å²) in [5.74, 6) is 0.697. The zero-order chi connectivity index (χ0) is 13.6. The monoisotopic (exact) mass is 463 g/mol. The SMILES string of the molecule is NC(c1ccc(-c2c(Br)cc(Br)cc2Br)s1)C1CC1. The Morgan fingerprint density at radius 3 is 2.32 bits per heavy atom. The van der Waals surface area contributed by atoms with Crippen LogP contribution in [0.5, 0.6) is 0 Å². The van der Waals surface area contributed by atoms with Crippen molar-refractivity contribution in [2.45, 2.75) is 18.9 Å². The van der Waals surface area contributed by atoms with Gasteiger partial charge < -0.3 is 5.73 Å². The van der Waals surface area contributed by atoms with Crippen LogP contribution < -0.4 is 5.73 Å². The second kappa shape index (κ2) is 5.60. The summed E-state index contributed by atoms with van der Waals surface area (Å²) < 4.78 is 3.23. The molecule has 1 aromatic carbocycles. The molecule has 1 fully saturated rings. The third-order valence-electron chi connectivity index (χ3n) is 3.34. The lowest BCUT2D eigenvalue weighted by Crippen LogP contribution is -2.10. The highest BCUT2D eigenvalue weighted by Gasteiger charge is 2.30. The van der Waals surface area contributed by atoms with E-state index in [1.54, 1.807) is 11.3 Å². The average Bonchev–Trinajstić information content (AvgIpc) is 3.07. The van der Waals surface area contributed by atoms with Crippen LogP contribution in [0.4, 0.5) is 0 Å². The first-order valence-electron chi connectivity index (χ1n) is 6.06. The first-order valence-corrected chi connectivity index (χ1v) is 9.26.